The van der Waals surface area contributed by atoms with Gasteiger partial charge in [-0.15, -0.1) is 0 Å². The molecule has 0 saturated heterocycles. The van der Waals surface area contributed by atoms with Gasteiger partial charge >= 0.3 is 0 Å². The Kier molecular flexibility index (Phi) is 1.86. The molecule has 0 atom stereocenters. The van der Waals surface area contributed by atoms with E-state index in [1.807, 2.05) is 18.2 Å². The van der Waals surface area contributed by atoms with Crippen LogP contribution in [-0.2, 0) is 0 Å². The van der Waals surface area contributed by atoms with Gasteiger partial charge in [0.25, 0.3) is 0 Å². The van der Waals surface area contributed by atoms with Gasteiger partial charge < -0.3 is 0 Å². The first-order valence-electron chi connectivity index (χ1n) is 2.48. The molecule has 0 unspecified atom stereocenters. The zero-order chi connectivity index (χ0) is 6.69. The Bertz CT molecular complexity index is 232. The van der Waals surface area contributed by atoms with Crippen LogP contribution < -0.4 is 0 Å². The predicted molar refractivity (Wildman–Crippen MR) is 38.9 cm³/mol. The van der Waals surface area contributed by atoms with Crippen molar-refractivity contribution in [3.8, 4) is 6.07 Å². The van der Waals surface area contributed by atoms with Crippen LogP contribution in [0.3, 0.4) is 0 Å². The van der Waals surface area contributed by atoms with Gasteiger partial charge in [0.1, 0.15) is 0 Å². The minimum Gasteiger partial charge on any atom is -0.192 e. The molecule has 1 rings (SSSR count). The minimum absolute atomic E-state index is 0.693. The van der Waals surface area contributed by atoms with E-state index in [0.717, 1.165) is 4.47 Å². The third-order valence-corrected chi connectivity index (χ3v) is 1.50. The molecule has 0 aliphatic carbocycles. The van der Waals surface area contributed by atoms with Crippen molar-refractivity contribution in [3.63, 3.8) is 0 Å². The molecule has 0 N–H and O–H groups in total. The molecule has 1 aromatic rings. The maximum absolute atomic E-state index is 8.36. The van der Waals surface area contributed by atoms with Crippen LogP contribution in [0.2, 0.25) is 0 Å². The highest BCUT2D eigenvalue weighted by Crippen LogP contribution is 2.08. The lowest BCUT2D eigenvalue weighted by molar-refractivity contribution is 1.48. The molecule has 0 amide bonds. The summed E-state index contributed by atoms with van der Waals surface area (Å²) in [6.45, 7) is 0. The molecule has 0 radical (unpaired) electrons. The first-order valence-corrected chi connectivity index (χ1v) is 3.28. The third kappa shape index (κ3) is 1.55. The first kappa shape index (κ1) is 6.31. The minimum atomic E-state index is 0.693. The van der Waals surface area contributed by atoms with E-state index in [2.05, 4.69) is 15.9 Å². The summed E-state index contributed by atoms with van der Waals surface area (Å²) in [4.78, 5) is 0. The molecule has 0 fully saturated rings. The zero-order valence-corrected chi connectivity index (χ0v) is 6.22. The Hall–Kier alpha value is -0.810. The number of hydrogen-bond donors (Lipinski definition) is 0. The smallest absolute Gasteiger partial charge is 0.0991 e. The normalized spacial score (nSPS) is 8.44. The molecule has 9 heavy (non-hydrogen) atoms. The van der Waals surface area contributed by atoms with Crippen molar-refractivity contribution in [3.05, 3.63) is 34.3 Å². The maximum atomic E-state index is 8.36. The SMILES string of the molecule is N#C[13c]1[13cH][13cH][13c](Br)[13cH][13cH]1. The Morgan fingerprint density at radius 1 is 1.22 bits per heavy atom. The molecule has 44 valence electrons. The summed E-state index contributed by atoms with van der Waals surface area (Å²) in [6.07, 6.45) is 0. The molecule has 0 saturated carbocycles. The van der Waals surface area contributed by atoms with E-state index in [1.165, 1.54) is 0 Å². The van der Waals surface area contributed by atoms with Gasteiger partial charge in [-0.3, -0.25) is 0 Å². The van der Waals surface area contributed by atoms with E-state index in [1.54, 1.807) is 12.1 Å². The summed E-state index contributed by atoms with van der Waals surface area (Å²) in [7, 11) is 0. The summed E-state index contributed by atoms with van der Waals surface area (Å²) < 4.78 is 1.00. The van der Waals surface area contributed by atoms with Gasteiger partial charge in [-0.05, 0) is 24.3 Å². The average molecular weight is 188 g/mol. The van der Waals surface area contributed by atoms with Crippen LogP contribution in [0.1, 0.15) is 5.56 Å². The van der Waals surface area contributed by atoms with Crippen molar-refractivity contribution >= 4 is 15.9 Å². The standard InChI is InChI=1S/C7H4BrN/c8-7-3-1-6(5-9)2-4-7/h1-4H/i1+1,2+1,3+1,4+1,6+1,7+1. The van der Waals surface area contributed by atoms with Crippen LogP contribution in [0.15, 0.2) is 28.7 Å². The highest BCUT2D eigenvalue weighted by molar-refractivity contribution is 9.10. The van der Waals surface area contributed by atoms with E-state index in [0.29, 0.717) is 5.56 Å². The molecule has 0 aromatic heterocycles. The quantitative estimate of drug-likeness (QED) is 0.612. The highest BCUT2D eigenvalue weighted by atomic mass is 79.9. The lowest BCUT2D eigenvalue weighted by atomic mass is 11.0. The molecular weight excluding hydrogens is 184 g/mol. The predicted octanol–water partition coefficient (Wildman–Crippen LogP) is 2.32. The third-order valence-electron chi connectivity index (χ3n) is 0.973. The van der Waals surface area contributed by atoms with Crippen molar-refractivity contribution in [2.24, 2.45) is 0 Å². The molecule has 1 nitrogen and oxygen atoms in total. The number of rotatable bonds is 0. The van der Waals surface area contributed by atoms with Crippen molar-refractivity contribution in [1.29, 1.82) is 5.26 Å². The Labute approximate surface area is 62.1 Å². The first-order chi connectivity index (χ1) is 4.33. The molecular formula is C7H4BrN. The van der Waals surface area contributed by atoms with E-state index >= 15 is 0 Å². The summed E-state index contributed by atoms with van der Waals surface area (Å²) >= 11 is 3.27. The van der Waals surface area contributed by atoms with Gasteiger partial charge in [0, 0.05) is 4.47 Å². The lowest BCUT2D eigenvalue weighted by Gasteiger charge is -1.86. The van der Waals surface area contributed by atoms with Crippen molar-refractivity contribution in [1.82, 2.24) is 0 Å². The summed E-state index contributed by atoms with van der Waals surface area (Å²) in [5, 5.41) is 8.36. The monoisotopic (exact) mass is 187 g/mol. The maximum Gasteiger partial charge on any atom is 0.0991 e. The molecule has 0 bridgehead atoms. The van der Waals surface area contributed by atoms with Crippen molar-refractivity contribution in [2.45, 2.75) is 0 Å². The van der Waals surface area contributed by atoms with Gasteiger partial charge in [-0.1, -0.05) is 15.9 Å². The van der Waals surface area contributed by atoms with Gasteiger partial charge in [0.2, 0.25) is 0 Å². The summed E-state index contributed by atoms with van der Waals surface area (Å²) in [6, 6.07) is 9.26. The molecule has 0 heterocycles. The van der Waals surface area contributed by atoms with Crippen LogP contribution in [0.5, 0.6) is 0 Å². The largest absolute Gasteiger partial charge is 0.192 e. The fourth-order valence-electron chi connectivity index (χ4n) is 0.524. The number of halogens is 1. The second kappa shape index (κ2) is 2.65. The van der Waals surface area contributed by atoms with Crippen molar-refractivity contribution in [2.75, 3.05) is 0 Å². The molecule has 2 heteroatoms. The summed E-state index contributed by atoms with van der Waals surface area (Å²) in [5.41, 5.74) is 0.693. The van der Waals surface area contributed by atoms with E-state index in [-0.39, 0.29) is 0 Å². The molecule has 0 aliphatic heterocycles. The number of hydrogen-bond acceptors (Lipinski definition) is 1. The molecule has 1 aromatic carbocycles. The number of benzene rings is 1. The summed E-state index contributed by atoms with van der Waals surface area (Å²) in [5.74, 6) is 0. The highest BCUT2D eigenvalue weighted by Gasteiger charge is 1.86. The second-order valence-corrected chi connectivity index (χ2v) is 2.53. The average Bonchev–Trinajstić information content (AvgIpc) is 1.90. The van der Waals surface area contributed by atoms with Crippen LogP contribution >= 0.6 is 15.9 Å². The van der Waals surface area contributed by atoms with Gasteiger partial charge in [0.05, 0.1) is 11.6 Å². The van der Waals surface area contributed by atoms with E-state index in [9.17, 15) is 0 Å². The number of nitrogens with zero attached hydrogens (tertiary/aromatic N) is 1. The topological polar surface area (TPSA) is 23.8 Å². The fraction of sp³-hybridized carbons (Fsp3) is 0. The number of nitriles is 1. The Morgan fingerprint density at radius 3 is 2.22 bits per heavy atom. The van der Waals surface area contributed by atoms with Gasteiger partial charge in [0.15, 0.2) is 0 Å². The zero-order valence-electron chi connectivity index (χ0n) is 4.63. The lowest BCUT2D eigenvalue weighted by Crippen LogP contribution is -1.69. The molecule has 0 spiro atoms. The molecule has 0 aliphatic rings. The second-order valence-electron chi connectivity index (χ2n) is 1.62. The van der Waals surface area contributed by atoms with Crippen LogP contribution in [0, 0.1) is 11.3 Å². The van der Waals surface area contributed by atoms with Crippen LogP contribution in [0.25, 0.3) is 0 Å². The van der Waals surface area contributed by atoms with Crippen molar-refractivity contribution < 1.29 is 0 Å². The van der Waals surface area contributed by atoms with Gasteiger partial charge in [-0.2, -0.15) is 5.26 Å². The van der Waals surface area contributed by atoms with Crippen LogP contribution in [-0.4, -0.2) is 0 Å². The Balaban J connectivity index is 3.06. The Morgan fingerprint density at radius 2 is 1.78 bits per heavy atom. The van der Waals surface area contributed by atoms with E-state index in [4.69, 9.17) is 5.26 Å². The van der Waals surface area contributed by atoms with E-state index < -0.39 is 0 Å². The van der Waals surface area contributed by atoms with Gasteiger partial charge in [-0.25, -0.2) is 0 Å². The van der Waals surface area contributed by atoms with Crippen LogP contribution in [0.4, 0.5) is 0 Å². The fourth-order valence-corrected chi connectivity index (χ4v) is 0.789.